The quantitative estimate of drug-likeness (QED) is 0.685. The molecule has 1 aromatic rings. The number of nitrogens with zero attached hydrogens (tertiary/aromatic N) is 1. The lowest BCUT2D eigenvalue weighted by Crippen LogP contribution is -2.29. The second-order valence-corrected chi connectivity index (χ2v) is 3.88. The molecule has 0 unspecified atom stereocenters. The summed E-state index contributed by atoms with van der Waals surface area (Å²) >= 11 is 0. The van der Waals surface area contributed by atoms with Gasteiger partial charge in [-0.25, -0.2) is 4.79 Å². The number of hydrogen-bond donors (Lipinski definition) is 2. The van der Waals surface area contributed by atoms with Gasteiger partial charge in [0.15, 0.2) is 0 Å². The van der Waals surface area contributed by atoms with Crippen molar-refractivity contribution in [1.29, 1.82) is 0 Å². The Hall–Kier alpha value is -1.56. The summed E-state index contributed by atoms with van der Waals surface area (Å²) in [5, 5.41) is 2.71. The number of nitrogens with one attached hydrogen (secondary N) is 2. The Morgan fingerprint density at radius 1 is 1.47 bits per heavy atom. The molecule has 0 saturated heterocycles. The van der Waals surface area contributed by atoms with E-state index in [1.807, 2.05) is 13.8 Å². The molecule has 1 rings (SSSR count). The number of hydrogen-bond acceptors (Lipinski definition) is 3. The van der Waals surface area contributed by atoms with Crippen LogP contribution >= 0.6 is 0 Å². The van der Waals surface area contributed by atoms with Gasteiger partial charge in [0.25, 0.3) is 0 Å². The summed E-state index contributed by atoms with van der Waals surface area (Å²) in [6, 6.07) is 0. The van der Waals surface area contributed by atoms with Gasteiger partial charge < -0.3 is 15.0 Å². The van der Waals surface area contributed by atoms with Crippen LogP contribution in [0, 0.1) is 13.8 Å². The van der Waals surface area contributed by atoms with Crippen molar-refractivity contribution in [3.63, 3.8) is 0 Å². The van der Waals surface area contributed by atoms with Crippen LogP contribution in [0.4, 0.5) is 0 Å². The monoisotopic (exact) mass is 241 g/mol. The van der Waals surface area contributed by atoms with E-state index >= 15 is 0 Å². The van der Waals surface area contributed by atoms with E-state index < -0.39 is 0 Å². The molecular formula is C11H19N3O3. The lowest BCUT2D eigenvalue weighted by molar-refractivity contribution is -0.121. The maximum absolute atomic E-state index is 11.5. The Labute approximate surface area is 100.0 Å². The fraction of sp³-hybridized carbons (Fsp3) is 0.636. The third-order valence-corrected chi connectivity index (χ3v) is 2.68. The third kappa shape index (κ3) is 3.74. The van der Waals surface area contributed by atoms with Gasteiger partial charge in [-0.15, -0.1) is 0 Å². The molecule has 0 spiro atoms. The maximum Gasteiger partial charge on any atom is 0.325 e. The van der Waals surface area contributed by atoms with Gasteiger partial charge in [0.1, 0.15) is 0 Å². The molecule has 0 aliphatic carbocycles. The smallest absolute Gasteiger partial charge is 0.325 e. The predicted octanol–water partition coefficient (Wildman–Crippen LogP) is -0.0541. The van der Waals surface area contributed by atoms with Crippen LogP contribution in [0.2, 0.25) is 0 Å². The second kappa shape index (κ2) is 6.24. The number of carbonyl (C=O) groups is 1. The Kier molecular flexibility index (Phi) is 4.96. The fourth-order valence-electron chi connectivity index (χ4n) is 1.54. The van der Waals surface area contributed by atoms with Gasteiger partial charge in [0, 0.05) is 38.0 Å². The summed E-state index contributed by atoms with van der Waals surface area (Å²) in [6.45, 7) is 5.08. The van der Waals surface area contributed by atoms with Gasteiger partial charge in [-0.2, -0.15) is 0 Å². The molecule has 96 valence electrons. The average molecular weight is 241 g/mol. The molecule has 2 N–H and O–H groups in total. The fourth-order valence-corrected chi connectivity index (χ4v) is 1.54. The van der Waals surface area contributed by atoms with E-state index in [9.17, 15) is 9.59 Å². The van der Waals surface area contributed by atoms with Gasteiger partial charge in [-0.1, -0.05) is 0 Å². The molecule has 0 aliphatic heterocycles. The van der Waals surface area contributed by atoms with Crippen molar-refractivity contribution in [2.24, 2.45) is 0 Å². The minimum Gasteiger partial charge on any atom is -0.383 e. The normalized spacial score (nSPS) is 10.5. The Balaban J connectivity index is 2.45. The number of aromatic nitrogens is 2. The van der Waals surface area contributed by atoms with E-state index in [2.05, 4.69) is 10.3 Å². The molecule has 1 heterocycles. The van der Waals surface area contributed by atoms with E-state index in [4.69, 9.17) is 4.74 Å². The summed E-state index contributed by atoms with van der Waals surface area (Å²) in [5.41, 5.74) is 1.55. The summed E-state index contributed by atoms with van der Waals surface area (Å²) in [4.78, 5) is 25.6. The van der Waals surface area contributed by atoms with Gasteiger partial charge in [-0.3, -0.25) is 9.36 Å². The molecular weight excluding hydrogens is 222 g/mol. The molecule has 1 amide bonds. The highest BCUT2D eigenvalue weighted by molar-refractivity contribution is 5.75. The SMILES string of the molecule is COCCNC(=O)CCn1c(C)c(C)[nH]c1=O. The Morgan fingerprint density at radius 3 is 2.71 bits per heavy atom. The number of aryl methyl sites for hydroxylation is 1. The molecule has 6 nitrogen and oxygen atoms in total. The van der Waals surface area contributed by atoms with Gasteiger partial charge in [0.2, 0.25) is 5.91 Å². The number of ether oxygens (including phenoxy) is 1. The van der Waals surface area contributed by atoms with E-state index in [-0.39, 0.29) is 11.6 Å². The van der Waals surface area contributed by atoms with Crippen molar-refractivity contribution in [3.05, 3.63) is 21.9 Å². The Bertz CT molecular complexity index is 434. The summed E-state index contributed by atoms with van der Waals surface area (Å²) in [7, 11) is 1.58. The average Bonchev–Trinajstić information content (AvgIpc) is 2.51. The maximum atomic E-state index is 11.5. The van der Waals surface area contributed by atoms with Crippen LogP contribution in [0.15, 0.2) is 4.79 Å². The van der Waals surface area contributed by atoms with E-state index in [1.54, 1.807) is 11.7 Å². The molecule has 0 atom stereocenters. The van der Waals surface area contributed by atoms with Crippen LogP contribution in [-0.2, 0) is 16.1 Å². The van der Waals surface area contributed by atoms with Crippen LogP contribution in [-0.4, -0.2) is 35.7 Å². The van der Waals surface area contributed by atoms with Crippen molar-refractivity contribution < 1.29 is 9.53 Å². The lowest BCUT2D eigenvalue weighted by atomic mass is 10.3. The first-order chi connectivity index (χ1) is 8.06. The topological polar surface area (TPSA) is 76.1 Å². The minimum absolute atomic E-state index is 0.0767. The second-order valence-electron chi connectivity index (χ2n) is 3.88. The van der Waals surface area contributed by atoms with Crippen molar-refractivity contribution in [1.82, 2.24) is 14.9 Å². The number of carbonyl (C=O) groups excluding carboxylic acids is 1. The number of rotatable bonds is 6. The molecule has 17 heavy (non-hydrogen) atoms. The van der Waals surface area contributed by atoms with Gasteiger partial charge in [0.05, 0.1) is 6.61 Å². The van der Waals surface area contributed by atoms with Gasteiger partial charge in [-0.05, 0) is 13.8 Å². The van der Waals surface area contributed by atoms with Crippen molar-refractivity contribution in [3.8, 4) is 0 Å². The summed E-state index contributed by atoms with van der Waals surface area (Å²) in [5.74, 6) is -0.0767. The lowest BCUT2D eigenvalue weighted by Gasteiger charge is -2.06. The first kappa shape index (κ1) is 13.5. The number of H-pyrrole nitrogens is 1. The van der Waals surface area contributed by atoms with Crippen LogP contribution in [0.1, 0.15) is 17.8 Å². The van der Waals surface area contributed by atoms with Gasteiger partial charge >= 0.3 is 5.69 Å². The first-order valence-corrected chi connectivity index (χ1v) is 5.58. The van der Waals surface area contributed by atoms with Crippen LogP contribution in [0.25, 0.3) is 0 Å². The molecule has 0 fully saturated rings. The number of amides is 1. The minimum atomic E-state index is -0.162. The molecule has 0 radical (unpaired) electrons. The molecule has 0 saturated carbocycles. The third-order valence-electron chi connectivity index (χ3n) is 2.68. The van der Waals surface area contributed by atoms with Crippen molar-refractivity contribution >= 4 is 5.91 Å². The molecule has 6 heteroatoms. The zero-order valence-electron chi connectivity index (χ0n) is 10.5. The Morgan fingerprint density at radius 2 is 2.18 bits per heavy atom. The molecule has 0 bridgehead atoms. The molecule has 0 aromatic carbocycles. The zero-order chi connectivity index (χ0) is 12.8. The summed E-state index contributed by atoms with van der Waals surface area (Å²) in [6.07, 6.45) is 0.293. The first-order valence-electron chi connectivity index (χ1n) is 5.58. The zero-order valence-corrected chi connectivity index (χ0v) is 10.5. The molecule has 1 aromatic heterocycles. The molecule has 0 aliphatic rings. The highest BCUT2D eigenvalue weighted by Crippen LogP contribution is 2.00. The highest BCUT2D eigenvalue weighted by Gasteiger charge is 2.08. The highest BCUT2D eigenvalue weighted by atomic mass is 16.5. The van der Waals surface area contributed by atoms with Crippen molar-refractivity contribution in [2.75, 3.05) is 20.3 Å². The number of aromatic amines is 1. The standard InChI is InChI=1S/C11H19N3O3/c1-8-9(2)14(11(16)13-8)6-4-10(15)12-5-7-17-3/h4-7H2,1-3H3,(H,12,15)(H,13,16). The predicted molar refractivity (Wildman–Crippen MR) is 64.0 cm³/mol. The summed E-state index contributed by atoms with van der Waals surface area (Å²) < 4.78 is 6.40. The van der Waals surface area contributed by atoms with Crippen LogP contribution < -0.4 is 11.0 Å². The van der Waals surface area contributed by atoms with Crippen LogP contribution in [0.5, 0.6) is 0 Å². The van der Waals surface area contributed by atoms with E-state index in [0.717, 1.165) is 11.4 Å². The largest absolute Gasteiger partial charge is 0.383 e. The number of methoxy groups -OCH3 is 1. The van der Waals surface area contributed by atoms with Crippen molar-refractivity contribution in [2.45, 2.75) is 26.8 Å². The van der Waals surface area contributed by atoms with E-state index in [0.29, 0.717) is 26.1 Å². The van der Waals surface area contributed by atoms with E-state index in [1.165, 1.54) is 0 Å². The number of imidazole rings is 1. The van der Waals surface area contributed by atoms with Crippen LogP contribution in [0.3, 0.4) is 0 Å².